The highest BCUT2D eigenvalue weighted by Gasteiger charge is 2.07. The van der Waals surface area contributed by atoms with Crippen LogP contribution in [-0.4, -0.2) is 25.2 Å². The number of carbonyl (C=O) groups is 1. The van der Waals surface area contributed by atoms with Crippen molar-refractivity contribution in [3.05, 3.63) is 66.2 Å². The molecule has 3 aromatic rings. The summed E-state index contributed by atoms with van der Waals surface area (Å²) in [5.41, 5.74) is 1.36. The quantitative estimate of drug-likeness (QED) is 0.677. The van der Waals surface area contributed by atoms with Crippen LogP contribution in [0.15, 0.2) is 60.7 Å². The van der Waals surface area contributed by atoms with E-state index in [1.54, 1.807) is 68.8 Å². The molecule has 26 heavy (non-hydrogen) atoms. The molecule has 0 aliphatic carbocycles. The van der Waals surface area contributed by atoms with Crippen molar-refractivity contribution < 1.29 is 19.4 Å². The van der Waals surface area contributed by atoms with Gasteiger partial charge in [0.25, 0.3) is 0 Å². The van der Waals surface area contributed by atoms with E-state index in [-0.39, 0.29) is 11.7 Å². The Bertz CT molecular complexity index is 979. The van der Waals surface area contributed by atoms with E-state index in [1.807, 2.05) is 6.07 Å². The van der Waals surface area contributed by atoms with Gasteiger partial charge >= 0.3 is 0 Å². The van der Waals surface area contributed by atoms with Gasteiger partial charge in [0.2, 0.25) is 5.91 Å². The zero-order valence-corrected chi connectivity index (χ0v) is 14.5. The van der Waals surface area contributed by atoms with Crippen LogP contribution in [0.4, 0.5) is 5.69 Å². The Kier molecular flexibility index (Phi) is 5.08. The van der Waals surface area contributed by atoms with Crippen molar-refractivity contribution in [2.75, 3.05) is 19.5 Å². The smallest absolute Gasteiger partial charge is 0.248 e. The Hall–Kier alpha value is -3.47. The third-order valence-electron chi connectivity index (χ3n) is 4.01. The van der Waals surface area contributed by atoms with Gasteiger partial charge in [0.15, 0.2) is 0 Å². The molecule has 0 saturated heterocycles. The number of rotatable bonds is 5. The third kappa shape index (κ3) is 3.62. The summed E-state index contributed by atoms with van der Waals surface area (Å²) in [5.74, 6) is 1.21. The van der Waals surface area contributed by atoms with Gasteiger partial charge in [0, 0.05) is 28.1 Å². The SMILES string of the molecule is COc1ccc(OC)c(/C=C/C(=O)Nc2cccc3c(O)cccc23)c1. The second-order valence-electron chi connectivity index (χ2n) is 5.61. The lowest BCUT2D eigenvalue weighted by Gasteiger charge is -2.09. The number of anilines is 1. The van der Waals surface area contributed by atoms with Crippen LogP contribution in [0.25, 0.3) is 16.8 Å². The molecule has 0 heterocycles. The highest BCUT2D eigenvalue weighted by atomic mass is 16.5. The molecule has 2 N–H and O–H groups in total. The van der Waals surface area contributed by atoms with Gasteiger partial charge in [-0.1, -0.05) is 24.3 Å². The molecular formula is C21H19NO4. The predicted octanol–water partition coefficient (Wildman–Crippen LogP) is 4.21. The number of carbonyl (C=O) groups excluding carboxylic acids is 1. The molecule has 0 aromatic heterocycles. The summed E-state index contributed by atoms with van der Waals surface area (Å²) in [7, 11) is 3.15. The topological polar surface area (TPSA) is 67.8 Å². The summed E-state index contributed by atoms with van der Waals surface area (Å²) in [4.78, 5) is 12.3. The van der Waals surface area contributed by atoms with Gasteiger partial charge in [-0.25, -0.2) is 0 Å². The molecule has 0 spiro atoms. The van der Waals surface area contributed by atoms with Gasteiger partial charge in [-0.3, -0.25) is 4.79 Å². The highest BCUT2D eigenvalue weighted by Crippen LogP contribution is 2.30. The second-order valence-corrected chi connectivity index (χ2v) is 5.61. The van der Waals surface area contributed by atoms with Crippen LogP contribution in [0, 0.1) is 0 Å². The molecule has 5 nitrogen and oxygen atoms in total. The fourth-order valence-electron chi connectivity index (χ4n) is 2.71. The monoisotopic (exact) mass is 349 g/mol. The molecule has 0 aliphatic rings. The minimum Gasteiger partial charge on any atom is -0.507 e. The van der Waals surface area contributed by atoms with E-state index in [1.165, 1.54) is 6.08 Å². The Morgan fingerprint density at radius 2 is 1.77 bits per heavy atom. The number of aromatic hydroxyl groups is 1. The Morgan fingerprint density at radius 1 is 1.00 bits per heavy atom. The number of phenolic OH excluding ortho intramolecular Hbond substituents is 1. The Morgan fingerprint density at radius 3 is 2.54 bits per heavy atom. The van der Waals surface area contributed by atoms with E-state index in [0.29, 0.717) is 22.6 Å². The predicted molar refractivity (Wildman–Crippen MR) is 103 cm³/mol. The first-order valence-corrected chi connectivity index (χ1v) is 8.04. The molecule has 0 unspecified atom stereocenters. The zero-order valence-electron chi connectivity index (χ0n) is 14.5. The minimum atomic E-state index is -0.286. The summed E-state index contributed by atoms with van der Waals surface area (Å²) in [5, 5.41) is 14.2. The summed E-state index contributed by atoms with van der Waals surface area (Å²) in [6.07, 6.45) is 3.10. The van der Waals surface area contributed by atoms with Crippen molar-refractivity contribution in [1.29, 1.82) is 0 Å². The molecule has 0 saturated carbocycles. The van der Waals surface area contributed by atoms with Gasteiger partial charge in [0.1, 0.15) is 17.2 Å². The van der Waals surface area contributed by atoms with Crippen molar-refractivity contribution in [3.63, 3.8) is 0 Å². The minimum absolute atomic E-state index is 0.176. The first kappa shape index (κ1) is 17.4. The number of hydrogen-bond donors (Lipinski definition) is 2. The average molecular weight is 349 g/mol. The summed E-state index contributed by atoms with van der Waals surface area (Å²) in [6, 6.07) is 15.9. The van der Waals surface area contributed by atoms with Gasteiger partial charge in [-0.05, 0) is 36.4 Å². The van der Waals surface area contributed by atoms with E-state index < -0.39 is 0 Å². The van der Waals surface area contributed by atoms with Crippen LogP contribution in [0.5, 0.6) is 17.2 Å². The van der Waals surface area contributed by atoms with Crippen LogP contribution >= 0.6 is 0 Å². The van der Waals surface area contributed by atoms with E-state index in [9.17, 15) is 9.90 Å². The molecule has 3 rings (SSSR count). The summed E-state index contributed by atoms with van der Waals surface area (Å²) in [6.45, 7) is 0. The van der Waals surface area contributed by atoms with E-state index in [0.717, 1.165) is 10.9 Å². The van der Waals surface area contributed by atoms with Crippen LogP contribution in [-0.2, 0) is 4.79 Å². The summed E-state index contributed by atoms with van der Waals surface area (Å²) >= 11 is 0. The fraction of sp³-hybridized carbons (Fsp3) is 0.0952. The average Bonchev–Trinajstić information content (AvgIpc) is 2.67. The third-order valence-corrected chi connectivity index (χ3v) is 4.01. The van der Waals surface area contributed by atoms with Crippen LogP contribution in [0.1, 0.15) is 5.56 Å². The van der Waals surface area contributed by atoms with Gasteiger partial charge in [-0.2, -0.15) is 0 Å². The number of hydrogen-bond acceptors (Lipinski definition) is 4. The van der Waals surface area contributed by atoms with Gasteiger partial charge in [-0.15, -0.1) is 0 Å². The van der Waals surface area contributed by atoms with Crippen LogP contribution in [0.2, 0.25) is 0 Å². The molecule has 0 aliphatic heterocycles. The van der Waals surface area contributed by atoms with Crippen molar-refractivity contribution >= 4 is 28.4 Å². The number of fused-ring (bicyclic) bond motifs is 1. The van der Waals surface area contributed by atoms with Crippen LogP contribution in [0.3, 0.4) is 0 Å². The Labute approximate surface area is 151 Å². The first-order chi connectivity index (χ1) is 12.6. The van der Waals surface area contributed by atoms with Crippen molar-refractivity contribution in [2.45, 2.75) is 0 Å². The molecule has 0 bridgehead atoms. The second kappa shape index (κ2) is 7.61. The van der Waals surface area contributed by atoms with Crippen molar-refractivity contribution in [3.8, 4) is 17.2 Å². The number of amides is 1. The molecule has 132 valence electrons. The van der Waals surface area contributed by atoms with Crippen molar-refractivity contribution in [1.82, 2.24) is 0 Å². The Balaban J connectivity index is 1.84. The maximum atomic E-state index is 12.3. The van der Waals surface area contributed by atoms with Gasteiger partial charge in [0.05, 0.1) is 14.2 Å². The van der Waals surface area contributed by atoms with Crippen LogP contribution < -0.4 is 14.8 Å². The van der Waals surface area contributed by atoms with Crippen molar-refractivity contribution in [2.24, 2.45) is 0 Å². The lowest BCUT2D eigenvalue weighted by Crippen LogP contribution is -2.08. The number of phenols is 1. The lowest BCUT2D eigenvalue weighted by molar-refractivity contribution is -0.111. The molecule has 5 heteroatoms. The number of nitrogens with one attached hydrogen (secondary N) is 1. The number of benzene rings is 3. The number of methoxy groups -OCH3 is 2. The fourth-order valence-corrected chi connectivity index (χ4v) is 2.71. The zero-order chi connectivity index (χ0) is 18.5. The van der Waals surface area contributed by atoms with E-state index in [4.69, 9.17) is 9.47 Å². The highest BCUT2D eigenvalue weighted by molar-refractivity contribution is 6.08. The molecular weight excluding hydrogens is 330 g/mol. The maximum absolute atomic E-state index is 12.3. The van der Waals surface area contributed by atoms with E-state index >= 15 is 0 Å². The molecule has 0 radical (unpaired) electrons. The standard InChI is InChI=1S/C21H19NO4/c1-25-15-10-11-20(26-2)14(13-15)9-12-21(24)22-18-7-3-6-17-16(18)5-4-8-19(17)23/h3-13,23H,1-2H3,(H,22,24)/b12-9+. The maximum Gasteiger partial charge on any atom is 0.248 e. The molecule has 3 aromatic carbocycles. The molecule has 0 fully saturated rings. The van der Waals surface area contributed by atoms with E-state index in [2.05, 4.69) is 5.32 Å². The normalized spacial score (nSPS) is 10.8. The summed E-state index contributed by atoms with van der Waals surface area (Å²) < 4.78 is 10.5. The van der Waals surface area contributed by atoms with Gasteiger partial charge < -0.3 is 19.9 Å². The largest absolute Gasteiger partial charge is 0.507 e. The molecule has 0 atom stereocenters. The number of ether oxygens (including phenoxy) is 2. The lowest BCUT2D eigenvalue weighted by atomic mass is 10.1. The first-order valence-electron chi connectivity index (χ1n) is 8.04. The molecule has 1 amide bonds.